The maximum absolute atomic E-state index is 13.6. The lowest BCUT2D eigenvalue weighted by atomic mass is 10.1. The second-order valence-electron chi connectivity index (χ2n) is 4.07. The zero-order chi connectivity index (χ0) is 13.7. The van der Waals surface area contributed by atoms with E-state index in [0.29, 0.717) is 24.2 Å². The van der Waals surface area contributed by atoms with Crippen molar-refractivity contribution in [3.8, 4) is 6.07 Å². The second-order valence-corrected chi connectivity index (χ2v) is 4.07. The fourth-order valence-corrected chi connectivity index (χ4v) is 1.76. The van der Waals surface area contributed by atoms with E-state index in [1.165, 1.54) is 24.3 Å². The van der Waals surface area contributed by atoms with Gasteiger partial charge in [0, 0.05) is 6.54 Å². The molecule has 0 aromatic heterocycles. The van der Waals surface area contributed by atoms with E-state index in [0.717, 1.165) is 0 Å². The molecule has 0 unspecified atom stereocenters. The number of nitrogens with one attached hydrogen (secondary N) is 1. The smallest absolute Gasteiger partial charge is 0.147 e. The van der Waals surface area contributed by atoms with Gasteiger partial charge in [-0.1, -0.05) is 18.2 Å². The molecule has 2 nitrogen and oxygen atoms in total. The Morgan fingerprint density at radius 1 is 1.05 bits per heavy atom. The van der Waals surface area contributed by atoms with Crippen LogP contribution in [0, 0.1) is 23.0 Å². The molecule has 0 spiro atoms. The molecule has 0 radical (unpaired) electrons. The van der Waals surface area contributed by atoms with Gasteiger partial charge in [0.05, 0.1) is 17.3 Å². The van der Waals surface area contributed by atoms with Gasteiger partial charge in [-0.3, -0.25) is 0 Å². The maximum atomic E-state index is 13.6. The van der Waals surface area contributed by atoms with Gasteiger partial charge in [0.1, 0.15) is 11.6 Å². The highest BCUT2D eigenvalue weighted by Crippen LogP contribution is 2.15. The first-order chi connectivity index (χ1) is 9.20. The summed E-state index contributed by atoms with van der Waals surface area (Å²) >= 11 is 0. The fourth-order valence-electron chi connectivity index (χ4n) is 1.76. The van der Waals surface area contributed by atoms with Crippen LogP contribution in [-0.4, -0.2) is 6.54 Å². The molecule has 0 aliphatic carbocycles. The minimum Gasteiger partial charge on any atom is -0.382 e. The van der Waals surface area contributed by atoms with Gasteiger partial charge in [-0.05, 0) is 36.2 Å². The highest BCUT2D eigenvalue weighted by molar-refractivity contribution is 5.48. The molecule has 0 aliphatic heterocycles. The van der Waals surface area contributed by atoms with Crippen LogP contribution in [0.5, 0.6) is 0 Å². The second kappa shape index (κ2) is 5.96. The maximum Gasteiger partial charge on any atom is 0.147 e. The summed E-state index contributed by atoms with van der Waals surface area (Å²) in [6.07, 6.45) is 0.464. The molecule has 96 valence electrons. The standard InChI is InChI=1S/C15H12F2N2/c16-13-4-2-1-3-12(13)7-8-19-15-6-5-11(10-18)9-14(15)17/h1-6,9,19H,7-8H2. The molecule has 0 heterocycles. The van der Waals surface area contributed by atoms with E-state index in [1.807, 2.05) is 6.07 Å². The van der Waals surface area contributed by atoms with Gasteiger partial charge in [-0.25, -0.2) is 8.78 Å². The zero-order valence-electron chi connectivity index (χ0n) is 10.2. The molecule has 0 amide bonds. The number of hydrogen-bond acceptors (Lipinski definition) is 2. The molecule has 2 aromatic carbocycles. The summed E-state index contributed by atoms with van der Waals surface area (Å²) in [5, 5.41) is 11.5. The van der Waals surface area contributed by atoms with Gasteiger partial charge in [-0.15, -0.1) is 0 Å². The monoisotopic (exact) mass is 258 g/mol. The predicted molar refractivity (Wildman–Crippen MR) is 69.7 cm³/mol. The topological polar surface area (TPSA) is 35.8 Å². The molecule has 0 bridgehead atoms. The molecular weight excluding hydrogens is 246 g/mol. The first-order valence-corrected chi connectivity index (χ1v) is 5.87. The Morgan fingerprint density at radius 3 is 2.53 bits per heavy atom. The normalized spacial score (nSPS) is 9.95. The lowest BCUT2D eigenvalue weighted by Gasteiger charge is -2.08. The Morgan fingerprint density at radius 2 is 1.84 bits per heavy atom. The van der Waals surface area contributed by atoms with Gasteiger partial charge in [0.25, 0.3) is 0 Å². The Hall–Kier alpha value is -2.41. The van der Waals surface area contributed by atoms with E-state index >= 15 is 0 Å². The van der Waals surface area contributed by atoms with Crippen molar-refractivity contribution in [1.29, 1.82) is 5.26 Å². The van der Waals surface area contributed by atoms with Gasteiger partial charge in [-0.2, -0.15) is 5.26 Å². The summed E-state index contributed by atoms with van der Waals surface area (Å²) in [6, 6.07) is 12.6. The summed E-state index contributed by atoms with van der Waals surface area (Å²) in [4.78, 5) is 0. The Bertz CT molecular complexity index is 618. The molecule has 19 heavy (non-hydrogen) atoms. The third kappa shape index (κ3) is 3.29. The van der Waals surface area contributed by atoms with Crippen LogP contribution in [0.25, 0.3) is 0 Å². The average Bonchev–Trinajstić information content (AvgIpc) is 2.42. The van der Waals surface area contributed by atoms with Crippen LogP contribution in [-0.2, 0) is 6.42 Å². The first kappa shape index (κ1) is 13.0. The number of anilines is 1. The van der Waals surface area contributed by atoms with E-state index in [-0.39, 0.29) is 11.4 Å². The molecule has 0 fully saturated rings. The average molecular weight is 258 g/mol. The third-order valence-electron chi connectivity index (χ3n) is 2.77. The summed E-state index contributed by atoms with van der Waals surface area (Å²) < 4.78 is 26.9. The number of halogens is 2. The lowest BCUT2D eigenvalue weighted by molar-refractivity contribution is 0.610. The van der Waals surface area contributed by atoms with Crippen molar-refractivity contribution in [2.75, 3.05) is 11.9 Å². The molecule has 0 atom stereocenters. The minimum absolute atomic E-state index is 0.260. The van der Waals surface area contributed by atoms with Crippen LogP contribution in [0.4, 0.5) is 14.5 Å². The van der Waals surface area contributed by atoms with Gasteiger partial charge >= 0.3 is 0 Å². The van der Waals surface area contributed by atoms with Gasteiger partial charge in [0.15, 0.2) is 0 Å². The Labute approximate surface area is 110 Å². The number of hydrogen-bond donors (Lipinski definition) is 1. The summed E-state index contributed by atoms with van der Waals surface area (Å²) in [5.74, 6) is -0.739. The van der Waals surface area contributed by atoms with Crippen LogP contribution in [0.3, 0.4) is 0 Å². The molecule has 0 aliphatic rings. The Balaban J connectivity index is 1.97. The van der Waals surface area contributed by atoms with Crippen molar-refractivity contribution >= 4 is 5.69 Å². The van der Waals surface area contributed by atoms with Crippen molar-refractivity contribution in [3.63, 3.8) is 0 Å². The third-order valence-corrected chi connectivity index (χ3v) is 2.77. The highest BCUT2D eigenvalue weighted by atomic mass is 19.1. The quantitative estimate of drug-likeness (QED) is 0.911. The minimum atomic E-state index is -0.479. The van der Waals surface area contributed by atoms with Gasteiger partial charge in [0.2, 0.25) is 0 Å². The van der Waals surface area contributed by atoms with Crippen LogP contribution in [0.1, 0.15) is 11.1 Å². The number of nitriles is 1. The van der Waals surface area contributed by atoms with Crippen LogP contribution in [0.15, 0.2) is 42.5 Å². The summed E-state index contributed by atoms with van der Waals surface area (Å²) in [6.45, 7) is 0.420. The van der Waals surface area contributed by atoms with E-state index in [4.69, 9.17) is 5.26 Å². The summed E-state index contributed by atoms with van der Waals surface area (Å²) in [5.41, 5.74) is 1.18. The van der Waals surface area contributed by atoms with E-state index in [2.05, 4.69) is 5.32 Å². The molecule has 1 N–H and O–H groups in total. The largest absolute Gasteiger partial charge is 0.382 e. The Kier molecular flexibility index (Phi) is 4.09. The predicted octanol–water partition coefficient (Wildman–Crippen LogP) is 3.49. The number of rotatable bonds is 4. The summed E-state index contributed by atoms with van der Waals surface area (Å²) in [7, 11) is 0. The van der Waals surface area contributed by atoms with E-state index < -0.39 is 5.82 Å². The molecule has 2 aromatic rings. The molecule has 0 saturated heterocycles. The van der Waals surface area contributed by atoms with Crippen LogP contribution >= 0.6 is 0 Å². The molecule has 2 rings (SSSR count). The highest BCUT2D eigenvalue weighted by Gasteiger charge is 2.04. The van der Waals surface area contributed by atoms with Crippen molar-refractivity contribution in [3.05, 3.63) is 65.2 Å². The van der Waals surface area contributed by atoms with E-state index in [1.54, 1.807) is 18.2 Å². The van der Waals surface area contributed by atoms with Crippen molar-refractivity contribution in [2.45, 2.75) is 6.42 Å². The number of benzene rings is 2. The van der Waals surface area contributed by atoms with Crippen molar-refractivity contribution in [1.82, 2.24) is 0 Å². The lowest BCUT2D eigenvalue weighted by Crippen LogP contribution is -2.07. The van der Waals surface area contributed by atoms with E-state index in [9.17, 15) is 8.78 Å². The fraction of sp³-hybridized carbons (Fsp3) is 0.133. The SMILES string of the molecule is N#Cc1ccc(NCCc2ccccc2F)c(F)c1. The van der Waals surface area contributed by atoms with Crippen LogP contribution < -0.4 is 5.32 Å². The van der Waals surface area contributed by atoms with Crippen LogP contribution in [0.2, 0.25) is 0 Å². The molecule has 0 saturated carbocycles. The van der Waals surface area contributed by atoms with Gasteiger partial charge < -0.3 is 5.32 Å². The zero-order valence-corrected chi connectivity index (χ0v) is 10.2. The molecule has 4 heteroatoms. The first-order valence-electron chi connectivity index (χ1n) is 5.87. The molecular formula is C15H12F2N2. The number of nitrogens with zero attached hydrogens (tertiary/aromatic N) is 1. The van der Waals surface area contributed by atoms with Crippen molar-refractivity contribution in [2.24, 2.45) is 0 Å². The van der Waals surface area contributed by atoms with Crippen molar-refractivity contribution < 1.29 is 8.78 Å².